The summed E-state index contributed by atoms with van der Waals surface area (Å²) in [7, 11) is -3.85. The van der Waals surface area contributed by atoms with Gasteiger partial charge >= 0.3 is 0 Å². The smallest absolute Gasteiger partial charge is 0.244 e. The van der Waals surface area contributed by atoms with Gasteiger partial charge in [0, 0.05) is 23.2 Å². The van der Waals surface area contributed by atoms with Crippen LogP contribution in [0.25, 0.3) is 0 Å². The third-order valence-corrected chi connectivity index (χ3v) is 7.72. The van der Waals surface area contributed by atoms with E-state index in [4.69, 9.17) is 21.1 Å². The van der Waals surface area contributed by atoms with E-state index in [1.165, 1.54) is 11.8 Å². The normalized spacial score (nSPS) is 14.0. The van der Waals surface area contributed by atoms with Crippen molar-refractivity contribution in [1.82, 2.24) is 10.2 Å². The van der Waals surface area contributed by atoms with Crippen molar-refractivity contribution in [2.75, 3.05) is 29.8 Å². The molecule has 3 rings (SSSR count). The van der Waals surface area contributed by atoms with Gasteiger partial charge in [0.25, 0.3) is 0 Å². The lowest BCUT2D eigenvalue weighted by atomic mass is 10.1. The molecule has 1 aliphatic rings. The fraction of sp³-hybridized carbons (Fsp3) is 0.462. The Morgan fingerprint density at radius 3 is 2.27 bits per heavy atom. The van der Waals surface area contributed by atoms with E-state index in [9.17, 15) is 18.0 Å². The zero-order valence-corrected chi connectivity index (χ0v) is 23.4. The number of carbonyl (C=O) groups is 2. The van der Waals surface area contributed by atoms with E-state index in [0.29, 0.717) is 29.7 Å². The highest BCUT2D eigenvalue weighted by Gasteiger charge is 2.32. The maximum atomic E-state index is 13.7. The van der Waals surface area contributed by atoms with Crippen LogP contribution in [0.15, 0.2) is 42.5 Å². The van der Waals surface area contributed by atoms with Gasteiger partial charge in [0.2, 0.25) is 21.8 Å². The van der Waals surface area contributed by atoms with Crippen LogP contribution in [0.5, 0.6) is 11.5 Å². The van der Waals surface area contributed by atoms with Gasteiger partial charge in [0.15, 0.2) is 11.5 Å². The Morgan fingerprint density at radius 1 is 1.05 bits per heavy atom. The first kappa shape index (κ1) is 28.6. The number of nitrogens with one attached hydrogen (secondary N) is 1. The molecule has 2 amide bonds. The van der Waals surface area contributed by atoms with Crippen LogP contribution in [0.4, 0.5) is 5.69 Å². The van der Waals surface area contributed by atoms with Crippen molar-refractivity contribution in [3.63, 3.8) is 0 Å². The number of anilines is 1. The first-order valence-electron chi connectivity index (χ1n) is 12.1. The number of ether oxygens (including phenoxy) is 2. The van der Waals surface area contributed by atoms with Gasteiger partial charge in [-0.1, -0.05) is 23.7 Å². The van der Waals surface area contributed by atoms with E-state index in [1.807, 2.05) is 20.8 Å². The second-order valence-corrected chi connectivity index (χ2v) is 12.4. The molecule has 11 heteroatoms. The van der Waals surface area contributed by atoms with Crippen LogP contribution in [-0.4, -0.2) is 62.2 Å². The average molecular weight is 552 g/mol. The van der Waals surface area contributed by atoms with Crippen molar-refractivity contribution in [1.29, 1.82) is 0 Å². The fourth-order valence-electron chi connectivity index (χ4n) is 3.75. The molecule has 2 aromatic rings. The number of halogens is 1. The molecule has 0 bridgehead atoms. The molecular weight excluding hydrogens is 518 g/mol. The lowest BCUT2D eigenvalue weighted by Gasteiger charge is -2.33. The number of sulfonamides is 1. The molecule has 202 valence electrons. The van der Waals surface area contributed by atoms with Gasteiger partial charge in [0.1, 0.15) is 25.8 Å². The van der Waals surface area contributed by atoms with Crippen LogP contribution >= 0.6 is 11.6 Å². The van der Waals surface area contributed by atoms with Gasteiger partial charge < -0.3 is 19.7 Å². The van der Waals surface area contributed by atoms with Crippen molar-refractivity contribution in [2.24, 2.45) is 0 Å². The minimum atomic E-state index is -3.85. The van der Waals surface area contributed by atoms with E-state index in [0.717, 1.165) is 9.87 Å². The summed E-state index contributed by atoms with van der Waals surface area (Å²) in [5, 5.41) is 3.43. The topological polar surface area (TPSA) is 105 Å². The van der Waals surface area contributed by atoms with E-state index < -0.39 is 34.1 Å². The third kappa shape index (κ3) is 7.52. The highest BCUT2D eigenvalue weighted by atomic mass is 35.5. The Balaban J connectivity index is 1.95. The third-order valence-electron chi connectivity index (χ3n) is 5.72. The molecule has 2 aromatic carbocycles. The van der Waals surface area contributed by atoms with Crippen molar-refractivity contribution in [2.45, 2.75) is 52.7 Å². The number of benzene rings is 2. The minimum Gasteiger partial charge on any atom is -0.486 e. The molecule has 0 aromatic heterocycles. The first-order valence-corrected chi connectivity index (χ1v) is 14.1. The number of nitrogens with zero attached hydrogens (tertiary/aromatic N) is 2. The van der Waals surface area contributed by atoms with Gasteiger partial charge in [-0.15, -0.1) is 0 Å². The Hall–Kier alpha value is -2.98. The Labute approximate surface area is 223 Å². The van der Waals surface area contributed by atoms with Gasteiger partial charge in [-0.05, 0) is 64.4 Å². The van der Waals surface area contributed by atoms with Crippen LogP contribution < -0.4 is 19.1 Å². The number of rotatable bonds is 9. The van der Waals surface area contributed by atoms with Crippen molar-refractivity contribution in [3.05, 3.63) is 53.1 Å². The maximum absolute atomic E-state index is 13.7. The monoisotopic (exact) mass is 551 g/mol. The maximum Gasteiger partial charge on any atom is 0.244 e. The highest BCUT2D eigenvalue weighted by molar-refractivity contribution is 7.92. The van der Waals surface area contributed by atoms with E-state index in [-0.39, 0.29) is 23.9 Å². The van der Waals surface area contributed by atoms with Gasteiger partial charge in [-0.3, -0.25) is 13.9 Å². The number of hydrogen-bond donors (Lipinski definition) is 1. The average Bonchev–Trinajstić information content (AvgIpc) is 2.85. The number of amides is 2. The number of carbonyl (C=O) groups excluding carboxylic acids is 2. The zero-order chi connectivity index (χ0) is 27.4. The van der Waals surface area contributed by atoms with Gasteiger partial charge in [0.05, 0.1) is 11.4 Å². The lowest BCUT2D eigenvalue weighted by Crippen LogP contribution is -2.54. The molecule has 1 N–H and O–H groups in total. The van der Waals surface area contributed by atoms with Crippen LogP contribution in [0.3, 0.4) is 0 Å². The first-order chi connectivity index (χ1) is 17.3. The summed E-state index contributed by atoms with van der Waals surface area (Å²) in [5.74, 6) is -0.181. The molecule has 0 saturated heterocycles. The minimum absolute atomic E-state index is 0.0931. The summed E-state index contributed by atoms with van der Waals surface area (Å²) in [6.45, 7) is 9.02. The predicted molar refractivity (Wildman–Crippen MR) is 144 cm³/mol. The lowest BCUT2D eigenvalue weighted by molar-refractivity contribution is -0.140. The number of hydrogen-bond acceptors (Lipinski definition) is 6. The molecule has 0 spiro atoms. The largest absolute Gasteiger partial charge is 0.486 e. The zero-order valence-electron chi connectivity index (χ0n) is 21.8. The molecule has 1 heterocycles. The fourth-order valence-corrected chi connectivity index (χ4v) is 4.93. The Kier molecular flexibility index (Phi) is 8.96. The van der Waals surface area contributed by atoms with E-state index >= 15 is 0 Å². The number of fused-ring (bicyclic) bond motifs is 1. The highest BCUT2D eigenvalue weighted by Crippen LogP contribution is 2.35. The predicted octanol–water partition coefficient (Wildman–Crippen LogP) is 3.60. The second kappa shape index (κ2) is 11.6. The van der Waals surface area contributed by atoms with Crippen molar-refractivity contribution < 1.29 is 27.5 Å². The second-order valence-electron chi connectivity index (χ2n) is 9.80. The van der Waals surface area contributed by atoms with E-state index in [1.54, 1.807) is 49.4 Å². The van der Waals surface area contributed by atoms with Crippen LogP contribution in [0.1, 0.15) is 40.2 Å². The van der Waals surface area contributed by atoms with Crippen LogP contribution in [0.2, 0.25) is 5.02 Å². The molecule has 1 unspecified atom stereocenters. The Morgan fingerprint density at radius 2 is 1.68 bits per heavy atom. The molecule has 1 atom stereocenters. The van der Waals surface area contributed by atoms with Gasteiger partial charge in [-0.2, -0.15) is 0 Å². The molecule has 37 heavy (non-hydrogen) atoms. The molecular formula is C26H34ClN3O6S. The van der Waals surface area contributed by atoms with Gasteiger partial charge in [-0.25, -0.2) is 8.42 Å². The molecule has 9 nitrogen and oxygen atoms in total. The van der Waals surface area contributed by atoms with E-state index in [2.05, 4.69) is 5.32 Å². The molecule has 1 aliphatic heterocycles. The molecule has 0 fully saturated rings. The van der Waals surface area contributed by atoms with Crippen molar-refractivity contribution >= 4 is 39.1 Å². The molecule has 0 aliphatic carbocycles. The van der Waals surface area contributed by atoms with Crippen molar-refractivity contribution in [3.8, 4) is 11.5 Å². The summed E-state index contributed by atoms with van der Waals surface area (Å²) in [4.78, 5) is 28.1. The molecule has 0 saturated carbocycles. The van der Waals surface area contributed by atoms with Crippen LogP contribution in [-0.2, 0) is 26.2 Å². The summed E-state index contributed by atoms with van der Waals surface area (Å²) in [6, 6.07) is 10.8. The standard InChI is InChI=1S/C26H34ClN3O6S/c1-6-37(33,34)30(21-11-12-22-23(15-21)36-14-13-35-22)17-24(31)29(16-19-7-9-20(27)10-8-19)18(2)25(32)28-26(3,4)5/h7-12,15,18H,6,13-14,16-17H2,1-5H3,(H,28,32). The quantitative estimate of drug-likeness (QED) is 0.510. The summed E-state index contributed by atoms with van der Waals surface area (Å²) in [6.07, 6.45) is 0. The molecule has 0 radical (unpaired) electrons. The SMILES string of the molecule is CCS(=O)(=O)N(CC(=O)N(Cc1ccc(Cl)cc1)C(C)C(=O)NC(C)(C)C)c1ccc2c(c1)OCCO2. The summed E-state index contributed by atoms with van der Waals surface area (Å²) in [5.41, 5.74) is 0.512. The summed E-state index contributed by atoms with van der Waals surface area (Å²) >= 11 is 6.01. The summed E-state index contributed by atoms with van der Waals surface area (Å²) < 4.78 is 38.4. The van der Waals surface area contributed by atoms with Crippen LogP contribution in [0, 0.1) is 0 Å². The Bertz CT molecular complexity index is 1230.